The molecule has 0 radical (unpaired) electrons. The molecule has 0 saturated heterocycles. The number of carbonyl (C=O) groups excluding carboxylic acids is 2. The van der Waals surface area contributed by atoms with E-state index in [2.05, 4.69) is 10.1 Å². The van der Waals surface area contributed by atoms with E-state index in [1.165, 1.54) is 29.2 Å². The Morgan fingerprint density at radius 1 is 1.06 bits per heavy atom. The molecular formula is C25H26F2N2O4. The van der Waals surface area contributed by atoms with Crippen LogP contribution in [0.3, 0.4) is 0 Å². The van der Waals surface area contributed by atoms with Crippen LogP contribution in [-0.2, 0) is 11.3 Å². The highest BCUT2D eigenvalue weighted by Crippen LogP contribution is 2.29. The molecule has 0 aliphatic heterocycles. The average Bonchev–Trinajstić information content (AvgIpc) is 2.81. The molecule has 0 atom stereocenters. The van der Waals surface area contributed by atoms with Gasteiger partial charge >= 0.3 is 6.61 Å². The third-order valence-electron chi connectivity index (χ3n) is 5.00. The second-order valence-corrected chi connectivity index (χ2v) is 7.45. The summed E-state index contributed by atoms with van der Waals surface area (Å²) in [5.74, 6) is -0.280. The monoisotopic (exact) mass is 456 g/mol. The SMILES string of the molecule is CCCOc1ccc2ccccc2c1CN(C)C(=O)CNC(=O)c1cccc(OC(F)F)c1. The van der Waals surface area contributed by atoms with Gasteiger partial charge in [0.1, 0.15) is 11.5 Å². The van der Waals surface area contributed by atoms with Gasteiger partial charge in [0, 0.05) is 24.7 Å². The van der Waals surface area contributed by atoms with Gasteiger partial charge < -0.3 is 19.7 Å². The van der Waals surface area contributed by atoms with Crippen molar-refractivity contribution in [1.82, 2.24) is 10.2 Å². The predicted molar refractivity (Wildman–Crippen MR) is 122 cm³/mol. The molecule has 0 unspecified atom stereocenters. The first-order valence-corrected chi connectivity index (χ1v) is 10.6. The maximum absolute atomic E-state index is 12.7. The number of fused-ring (bicyclic) bond motifs is 1. The van der Waals surface area contributed by atoms with E-state index in [1.54, 1.807) is 7.05 Å². The Labute approximate surface area is 191 Å². The van der Waals surface area contributed by atoms with Gasteiger partial charge in [-0.15, -0.1) is 0 Å². The molecule has 3 rings (SSSR count). The van der Waals surface area contributed by atoms with Crippen molar-refractivity contribution in [1.29, 1.82) is 0 Å². The smallest absolute Gasteiger partial charge is 0.387 e. The van der Waals surface area contributed by atoms with Crippen LogP contribution in [0.2, 0.25) is 0 Å². The molecule has 6 nitrogen and oxygen atoms in total. The Morgan fingerprint density at radius 3 is 2.61 bits per heavy atom. The van der Waals surface area contributed by atoms with Crippen LogP contribution in [0.25, 0.3) is 10.8 Å². The van der Waals surface area contributed by atoms with Crippen LogP contribution in [0, 0.1) is 0 Å². The molecule has 0 aliphatic carbocycles. The first kappa shape index (κ1) is 24.0. The Morgan fingerprint density at radius 2 is 1.85 bits per heavy atom. The topological polar surface area (TPSA) is 67.9 Å². The van der Waals surface area contributed by atoms with E-state index in [0.29, 0.717) is 13.2 Å². The number of nitrogens with one attached hydrogen (secondary N) is 1. The highest BCUT2D eigenvalue weighted by atomic mass is 19.3. The summed E-state index contributed by atoms with van der Waals surface area (Å²) in [7, 11) is 1.65. The molecule has 0 spiro atoms. The highest BCUT2D eigenvalue weighted by molar-refractivity contribution is 5.97. The molecule has 0 aliphatic rings. The molecule has 174 valence electrons. The van der Waals surface area contributed by atoms with Crippen LogP contribution in [0.5, 0.6) is 11.5 Å². The average molecular weight is 456 g/mol. The molecule has 0 bridgehead atoms. The van der Waals surface area contributed by atoms with E-state index in [0.717, 1.165) is 28.5 Å². The quantitative estimate of drug-likeness (QED) is 0.484. The molecule has 3 aromatic carbocycles. The summed E-state index contributed by atoms with van der Waals surface area (Å²) in [6, 6.07) is 17.2. The van der Waals surface area contributed by atoms with Gasteiger partial charge in [-0.05, 0) is 41.5 Å². The maximum Gasteiger partial charge on any atom is 0.387 e. The van der Waals surface area contributed by atoms with Gasteiger partial charge in [0.15, 0.2) is 0 Å². The summed E-state index contributed by atoms with van der Waals surface area (Å²) < 4.78 is 35.0. The number of nitrogens with zero attached hydrogens (tertiary/aromatic N) is 1. The van der Waals surface area contributed by atoms with Crippen LogP contribution in [0.15, 0.2) is 60.7 Å². The summed E-state index contributed by atoms with van der Waals surface area (Å²) in [5, 5.41) is 4.56. The van der Waals surface area contributed by atoms with E-state index in [1.807, 2.05) is 43.3 Å². The number of carbonyl (C=O) groups is 2. The molecule has 0 heterocycles. The lowest BCUT2D eigenvalue weighted by molar-refractivity contribution is -0.129. The highest BCUT2D eigenvalue weighted by Gasteiger charge is 2.17. The van der Waals surface area contributed by atoms with Crippen molar-refractivity contribution < 1.29 is 27.8 Å². The van der Waals surface area contributed by atoms with Crippen LogP contribution in [0.1, 0.15) is 29.3 Å². The Balaban J connectivity index is 1.67. The van der Waals surface area contributed by atoms with Crippen molar-refractivity contribution in [3.63, 3.8) is 0 Å². The minimum Gasteiger partial charge on any atom is -0.493 e. The fourth-order valence-electron chi connectivity index (χ4n) is 3.36. The number of amides is 2. The lowest BCUT2D eigenvalue weighted by Crippen LogP contribution is -2.37. The van der Waals surface area contributed by atoms with Crippen molar-refractivity contribution in [2.45, 2.75) is 26.5 Å². The lowest BCUT2D eigenvalue weighted by atomic mass is 10.0. The predicted octanol–water partition coefficient (Wildman–Crippen LogP) is 4.62. The minimum absolute atomic E-state index is 0.118. The van der Waals surface area contributed by atoms with Gasteiger partial charge in [-0.1, -0.05) is 43.3 Å². The largest absolute Gasteiger partial charge is 0.493 e. The summed E-state index contributed by atoms with van der Waals surface area (Å²) >= 11 is 0. The summed E-state index contributed by atoms with van der Waals surface area (Å²) in [6.45, 7) is -0.349. The zero-order chi connectivity index (χ0) is 23.8. The number of ether oxygens (including phenoxy) is 2. The van der Waals surface area contributed by atoms with E-state index in [-0.39, 0.29) is 23.8 Å². The number of likely N-dealkylation sites (N-methyl/N-ethyl adjacent to an activating group) is 1. The van der Waals surface area contributed by atoms with Crippen LogP contribution in [0.4, 0.5) is 8.78 Å². The third-order valence-corrected chi connectivity index (χ3v) is 5.00. The molecule has 0 saturated carbocycles. The second-order valence-electron chi connectivity index (χ2n) is 7.45. The van der Waals surface area contributed by atoms with Gasteiger partial charge in [0.2, 0.25) is 5.91 Å². The van der Waals surface area contributed by atoms with E-state index in [4.69, 9.17) is 4.74 Å². The summed E-state index contributed by atoms with van der Waals surface area (Å²) in [6.07, 6.45) is 0.858. The van der Waals surface area contributed by atoms with Gasteiger partial charge in [-0.3, -0.25) is 9.59 Å². The van der Waals surface area contributed by atoms with Crippen LogP contribution >= 0.6 is 0 Å². The molecule has 2 amide bonds. The molecular weight excluding hydrogens is 430 g/mol. The van der Waals surface area contributed by atoms with Crippen molar-refractivity contribution in [3.05, 3.63) is 71.8 Å². The van der Waals surface area contributed by atoms with Crippen molar-refractivity contribution in [3.8, 4) is 11.5 Å². The zero-order valence-electron chi connectivity index (χ0n) is 18.5. The standard InChI is InChI=1S/C25H26F2N2O4/c1-3-13-32-22-12-11-17-7-4-5-10-20(17)21(22)16-29(2)23(30)15-28-24(31)18-8-6-9-19(14-18)33-25(26)27/h4-12,14,25H,3,13,15-16H2,1-2H3,(H,28,31). The Hall–Kier alpha value is -3.68. The minimum atomic E-state index is -2.99. The normalized spacial score (nSPS) is 10.8. The van der Waals surface area contributed by atoms with Gasteiger partial charge in [0.25, 0.3) is 5.91 Å². The van der Waals surface area contributed by atoms with Crippen molar-refractivity contribution in [2.75, 3.05) is 20.2 Å². The first-order valence-electron chi connectivity index (χ1n) is 10.6. The summed E-state index contributed by atoms with van der Waals surface area (Å²) in [5.41, 5.74) is 1.01. The third kappa shape index (κ3) is 6.41. The van der Waals surface area contributed by atoms with Crippen LogP contribution in [-0.4, -0.2) is 43.5 Å². The second kappa shape index (κ2) is 11.3. The van der Waals surface area contributed by atoms with E-state index >= 15 is 0 Å². The number of rotatable bonds is 10. The molecule has 8 heteroatoms. The molecule has 3 aromatic rings. The number of hydrogen-bond acceptors (Lipinski definition) is 4. The lowest BCUT2D eigenvalue weighted by Gasteiger charge is -2.21. The van der Waals surface area contributed by atoms with E-state index < -0.39 is 12.5 Å². The van der Waals surface area contributed by atoms with Gasteiger partial charge in [-0.25, -0.2) is 0 Å². The molecule has 0 fully saturated rings. The Bertz CT molecular complexity index is 1120. The Kier molecular flexibility index (Phi) is 8.18. The van der Waals surface area contributed by atoms with Gasteiger partial charge in [0.05, 0.1) is 13.2 Å². The molecule has 33 heavy (non-hydrogen) atoms. The first-order chi connectivity index (χ1) is 15.9. The fraction of sp³-hybridized carbons (Fsp3) is 0.280. The van der Waals surface area contributed by atoms with Crippen LogP contribution < -0.4 is 14.8 Å². The zero-order valence-corrected chi connectivity index (χ0v) is 18.5. The van der Waals surface area contributed by atoms with Crippen molar-refractivity contribution >= 4 is 22.6 Å². The number of hydrogen-bond donors (Lipinski definition) is 1. The number of benzene rings is 3. The fourth-order valence-corrected chi connectivity index (χ4v) is 3.36. The molecule has 0 aromatic heterocycles. The van der Waals surface area contributed by atoms with Gasteiger partial charge in [-0.2, -0.15) is 8.78 Å². The van der Waals surface area contributed by atoms with Crippen molar-refractivity contribution in [2.24, 2.45) is 0 Å². The molecule has 1 N–H and O–H groups in total. The van der Waals surface area contributed by atoms with E-state index in [9.17, 15) is 18.4 Å². The summed E-state index contributed by atoms with van der Waals surface area (Å²) in [4.78, 5) is 26.6. The number of alkyl halides is 2. The maximum atomic E-state index is 12.7. The number of halogens is 2.